The molecule has 0 unspecified atom stereocenters. The summed E-state index contributed by atoms with van der Waals surface area (Å²) in [5.41, 5.74) is 0.834. The van der Waals surface area contributed by atoms with E-state index < -0.39 is 5.54 Å². The van der Waals surface area contributed by atoms with E-state index in [9.17, 15) is 4.79 Å². The average Bonchev–Trinajstić information content (AvgIpc) is 3.56. The quantitative estimate of drug-likeness (QED) is 0.692. The first-order valence-corrected chi connectivity index (χ1v) is 10.8. The molecule has 1 amide bonds. The minimum atomic E-state index is -0.679. The molecule has 1 atom stereocenters. The van der Waals surface area contributed by atoms with Crippen molar-refractivity contribution in [1.82, 2.24) is 20.4 Å². The number of pyridine rings is 1. The minimum absolute atomic E-state index is 0.228. The summed E-state index contributed by atoms with van der Waals surface area (Å²) >= 11 is 0. The summed E-state index contributed by atoms with van der Waals surface area (Å²) in [6.45, 7) is 4.42. The van der Waals surface area contributed by atoms with Gasteiger partial charge in [0, 0.05) is 12.5 Å². The van der Waals surface area contributed by atoms with E-state index >= 15 is 0 Å². The lowest BCUT2D eigenvalue weighted by molar-refractivity contribution is 0.0883. The number of carbonyl (C=O) groups excluding carboxylic acids is 1. The molecular weight excluding hydrogens is 368 g/mol. The Morgan fingerprint density at radius 1 is 1.17 bits per heavy atom. The molecule has 7 heteroatoms. The van der Waals surface area contributed by atoms with Crippen LogP contribution in [0, 0.1) is 18.8 Å². The Bertz CT molecular complexity index is 915. The number of ether oxygens (including phenoxy) is 1. The van der Waals surface area contributed by atoms with Crippen LogP contribution < -0.4 is 10.1 Å². The number of rotatable bonds is 9. The molecular formula is C22H28N4O3. The third-order valence-corrected chi connectivity index (χ3v) is 6.10. The standard InChI is InChI=1S/C22H28N4O3/c1-13-23-21(26-29-13)22(2,11-14-3-4-14)25-19(27)18-10-9-17(16-7-8-16)20(24-18)28-12-15-5-6-15/h9-10,14-16H,3-8,11-12H2,1-2H3,(H,25,27)/t22-/m1/s1. The van der Waals surface area contributed by atoms with Crippen LogP contribution in [0.4, 0.5) is 0 Å². The van der Waals surface area contributed by atoms with Crippen LogP contribution in [-0.2, 0) is 5.54 Å². The second kappa shape index (κ2) is 7.11. The SMILES string of the molecule is Cc1nc([C@@](C)(CC2CC2)NC(=O)c2ccc(C3CC3)c(OCC3CC3)n2)no1. The molecule has 3 saturated carbocycles. The van der Waals surface area contributed by atoms with Crippen molar-refractivity contribution in [3.05, 3.63) is 35.1 Å². The van der Waals surface area contributed by atoms with Crippen molar-refractivity contribution >= 4 is 5.91 Å². The summed E-state index contributed by atoms with van der Waals surface area (Å²) in [4.78, 5) is 22.1. The van der Waals surface area contributed by atoms with E-state index in [0.717, 1.165) is 12.0 Å². The lowest BCUT2D eigenvalue weighted by Gasteiger charge is -2.27. The maximum Gasteiger partial charge on any atom is 0.270 e. The number of amides is 1. The zero-order valence-corrected chi connectivity index (χ0v) is 17.1. The van der Waals surface area contributed by atoms with Gasteiger partial charge in [-0.05, 0) is 62.8 Å². The first-order valence-electron chi connectivity index (χ1n) is 10.8. The molecule has 29 heavy (non-hydrogen) atoms. The van der Waals surface area contributed by atoms with E-state index in [0.29, 0.717) is 47.6 Å². The number of hydrogen-bond donors (Lipinski definition) is 1. The Balaban J connectivity index is 1.37. The fourth-order valence-electron chi connectivity index (χ4n) is 3.82. The summed E-state index contributed by atoms with van der Waals surface area (Å²) < 4.78 is 11.2. The number of hydrogen-bond acceptors (Lipinski definition) is 6. The van der Waals surface area contributed by atoms with Crippen molar-refractivity contribution in [3.8, 4) is 5.88 Å². The molecule has 7 nitrogen and oxygen atoms in total. The second-order valence-electron chi connectivity index (χ2n) is 9.19. The Labute approximate surface area is 170 Å². The zero-order valence-electron chi connectivity index (χ0n) is 17.1. The summed E-state index contributed by atoms with van der Waals surface area (Å²) in [6.07, 6.45) is 7.94. The second-order valence-corrected chi connectivity index (χ2v) is 9.19. The Kier molecular flexibility index (Phi) is 4.56. The van der Waals surface area contributed by atoms with Crippen molar-refractivity contribution in [2.24, 2.45) is 11.8 Å². The van der Waals surface area contributed by atoms with E-state index in [1.165, 1.54) is 38.5 Å². The van der Waals surface area contributed by atoms with E-state index in [1.54, 1.807) is 6.92 Å². The zero-order chi connectivity index (χ0) is 20.0. The fourth-order valence-corrected chi connectivity index (χ4v) is 3.82. The molecule has 5 rings (SSSR count). The van der Waals surface area contributed by atoms with Gasteiger partial charge < -0.3 is 14.6 Å². The highest BCUT2D eigenvalue weighted by molar-refractivity contribution is 5.93. The predicted molar refractivity (Wildman–Crippen MR) is 106 cm³/mol. The van der Waals surface area contributed by atoms with Gasteiger partial charge in [0.05, 0.1) is 6.61 Å². The normalized spacial score (nSPS) is 20.9. The van der Waals surface area contributed by atoms with Crippen molar-refractivity contribution < 1.29 is 14.1 Å². The monoisotopic (exact) mass is 396 g/mol. The smallest absolute Gasteiger partial charge is 0.270 e. The van der Waals surface area contributed by atoms with Gasteiger partial charge in [-0.2, -0.15) is 4.98 Å². The molecule has 2 aromatic rings. The molecule has 2 aromatic heterocycles. The summed E-state index contributed by atoms with van der Waals surface area (Å²) in [5.74, 6) is 3.18. The summed E-state index contributed by atoms with van der Waals surface area (Å²) in [7, 11) is 0. The van der Waals surface area contributed by atoms with E-state index in [4.69, 9.17) is 9.26 Å². The molecule has 0 spiro atoms. The van der Waals surface area contributed by atoms with Crippen LogP contribution in [0.1, 0.15) is 85.6 Å². The average molecular weight is 396 g/mol. The molecule has 0 radical (unpaired) electrons. The van der Waals surface area contributed by atoms with Crippen molar-refractivity contribution in [3.63, 3.8) is 0 Å². The van der Waals surface area contributed by atoms with Crippen LogP contribution in [-0.4, -0.2) is 27.6 Å². The van der Waals surface area contributed by atoms with Crippen LogP contribution in [0.3, 0.4) is 0 Å². The maximum atomic E-state index is 13.1. The van der Waals surface area contributed by atoms with E-state index in [-0.39, 0.29) is 5.91 Å². The van der Waals surface area contributed by atoms with E-state index in [1.807, 2.05) is 19.1 Å². The molecule has 2 heterocycles. The van der Waals surface area contributed by atoms with E-state index in [2.05, 4.69) is 20.4 Å². The fraction of sp³-hybridized carbons (Fsp3) is 0.636. The number of carbonyl (C=O) groups is 1. The summed E-state index contributed by atoms with van der Waals surface area (Å²) in [5, 5.41) is 7.23. The Morgan fingerprint density at radius 2 is 1.93 bits per heavy atom. The summed E-state index contributed by atoms with van der Waals surface area (Å²) in [6, 6.07) is 3.82. The molecule has 0 bridgehead atoms. The van der Waals surface area contributed by atoms with Crippen molar-refractivity contribution in [1.29, 1.82) is 0 Å². The highest BCUT2D eigenvalue weighted by atomic mass is 16.5. The number of aryl methyl sites for hydroxylation is 1. The van der Waals surface area contributed by atoms with Crippen LogP contribution in [0.15, 0.2) is 16.7 Å². The molecule has 3 fully saturated rings. The molecule has 3 aliphatic rings. The van der Waals surface area contributed by atoms with Gasteiger partial charge in [0.2, 0.25) is 11.8 Å². The van der Waals surface area contributed by atoms with Crippen LogP contribution in [0.25, 0.3) is 0 Å². The van der Waals surface area contributed by atoms with Gasteiger partial charge in [-0.15, -0.1) is 0 Å². The third-order valence-electron chi connectivity index (χ3n) is 6.10. The minimum Gasteiger partial charge on any atom is -0.477 e. The molecule has 0 aromatic carbocycles. The van der Waals surface area contributed by atoms with Gasteiger partial charge in [-0.3, -0.25) is 4.79 Å². The lowest BCUT2D eigenvalue weighted by atomic mass is 9.93. The first kappa shape index (κ1) is 18.6. The highest BCUT2D eigenvalue weighted by Gasteiger charge is 2.40. The van der Waals surface area contributed by atoms with Crippen molar-refractivity contribution in [2.45, 2.75) is 70.3 Å². The van der Waals surface area contributed by atoms with Gasteiger partial charge in [0.15, 0.2) is 5.82 Å². The van der Waals surface area contributed by atoms with Gasteiger partial charge in [-0.25, -0.2) is 4.98 Å². The van der Waals surface area contributed by atoms with Crippen LogP contribution >= 0.6 is 0 Å². The van der Waals surface area contributed by atoms with Crippen LogP contribution in [0.2, 0.25) is 0 Å². The predicted octanol–water partition coefficient (Wildman–Crippen LogP) is 3.88. The van der Waals surface area contributed by atoms with Crippen molar-refractivity contribution in [2.75, 3.05) is 6.61 Å². The van der Waals surface area contributed by atoms with Gasteiger partial charge >= 0.3 is 0 Å². The van der Waals surface area contributed by atoms with Gasteiger partial charge in [0.25, 0.3) is 5.91 Å². The van der Waals surface area contributed by atoms with Gasteiger partial charge in [-0.1, -0.05) is 24.1 Å². The van der Waals surface area contributed by atoms with Gasteiger partial charge in [0.1, 0.15) is 11.2 Å². The topological polar surface area (TPSA) is 90.1 Å². The number of nitrogens with zero attached hydrogens (tertiary/aromatic N) is 3. The molecule has 3 aliphatic carbocycles. The molecule has 0 aliphatic heterocycles. The first-order chi connectivity index (χ1) is 14.0. The highest BCUT2D eigenvalue weighted by Crippen LogP contribution is 2.44. The Hall–Kier alpha value is -2.44. The lowest BCUT2D eigenvalue weighted by Crippen LogP contribution is -2.45. The number of nitrogens with one attached hydrogen (secondary N) is 1. The Morgan fingerprint density at radius 3 is 2.55 bits per heavy atom. The third kappa shape index (κ3) is 4.28. The van der Waals surface area contributed by atoms with Crippen LogP contribution in [0.5, 0.6) is 5.88 Å². The maximum absolute atomic E-state index is 13.1. The largest absolute Gasteiger partial charge is 0.477 e. The molecule has 1 N–H and O–H groups in total. The molecule has 0 saturated heterocycles. The molecule has 154 valence electrons. The number of aromatic nitrogens is 3.